The summed E-state index contributed by atoms with van der Waals surface area (Å²) < 4.78 is 8.27. The van der Waals surface area contributed by atoms with Crippen LogP contribution in [0.2, 0.25) is 0 Å². The van der Waals surface area contributed by atoms with E-state index in [0.29, 0.717) is 19.0 Å². The summed E-state index contributed by atoms with van der Waals surface area (Å²) in [5.41, 5.74) is 1.10. The molecule has 0 saturated carbocycles. The maximum atomic E-state index is 5.69. The number of allylic oxidation sites excluding steroid dienone is 1. The lowest BCUT2D eigenvalue weighted by Gasteiger charge is -2.13. The second-order valence-electron chi connectivity index (χ2n) is 4.76. The summed E-state index contributed by atoms with van der Waals surface area (Å²) in [7, 11) is 0. The van der Waals surface area contributed by atoms with Crippen molar-refractivity contribution in [3.05, 3.63) is 40.9 Å². The first-order valence-corrected chi connectivity index (χ1v) is 7.45. The summed E-state index contributed by atoms with van der Waals surface area (Å²) in [5, 5.41) is 14.7. The van der Waals surface area contributed by atoms with Gasteiger partial charge in [0.25, 0.3) is 0 Å². The number of nitrogens with zero attached hydrogens (tertiary/aromatic N) is 4. The molecule has 0 atom stereocenters. The van der Waals surface area contributed by atoms with Gasteiger partial charge in [0.15, 0.2) is 0 Å². The maximum Gasteiger partial charge on any atom is 0.243 e. The Hall–Kier alpha value is -1.89. The normalized spacial score (nSPS) is 10.7. The van der Waals surface area contributed by atoms with Crippen LogP contribution in [0.25, 0.3) is 0 Å². The van der Waals surface area contributed by atoms with Crippen LogP contribution >= 0.6 is 15.9 Å². The lowest BCUT2D eigenvalue weighted by molar-refractivity contribution is 0.241. The molecule has 0 saturated heterocycles. The first-order chi connectivity index (χ1) is 10.1. The van der Waals surface area contributed by atoms with Crippen LogP contribution in [0.4, 0.5) is 5.95 Å². The number of rotatable bonds is 7. The third-order valence-electron chi connectivity index (χ3n) is 2.64. The Bertz CT molecular complexity index is 611. The second-order valence-corrected chi connectivity index (χ2v) is 5.61. The Morgan fingerprint density at radius 3 is 2.95 bits per heavy atom. The Morgan fingerprint density at radius 1 is 1.48 bits per heavy atom. The van der Waals surface area contributed by atoms with Crippen LogP contribution in [0.15, 0.2) is 35.3 Å². The smallest absolute Gasteiger partial charge is 0.243 e. The first-order valence-electron chi connectivity index (χ1n) is 6.66. The van der Waals surface area contributed by atoms with Crippen LogP contribution < -0.4 is 10.1 Å². The van der Waals surface area contributed by atoms with Crippen molar-refractivity contribution >= 4 is 21.9 Å². The lowest BCUT2D eigenvalue weighted by atomic mass is 10.2. The van der Waals surface area contributed by atoms with Gasteiger partial charge in [-0.1, -0.05) is 17.2 Å². The van der Waals surface area contributed by atoms with Crippen molar-refractivity contribution in [3.8, 4) is 5.75 Å². The molecule has 0 bridgehead atoms. The molecule has 0 radical (unpaired) electrons. The zero-order chi connectivity index (χ0) is 15.2. The molecule has 1 heterocycles. The van der Waals surface area contributed by atoms with Gasteiger partial charge in [-0.3, -0.25) is 0 Å². The largest absolute Gasteiger partial charge is 0.490 e. The Kier molecular flexibility index (Phi) is 5.32. The fraction of sp³-hybridized carbons (Fsp3) is 0.357. The molecule has 1 aromatic heterocycles. The van der Waals surface area contributed by atoms with Crippen molar-refractivity contribution in [1.29, 1.82) is 0 Å². The molecule has 7 heteroatoms. The number of halogens is 1. The molecule has 0 aliphatic heterocycles. The summed E-state index contributed by atoms with van der Waals surface area (Å²) in [6.07, 6.45) is 1.89. The molecule has 112 valence electrons. The van der Waals surface area contributed by atoms with Gasteiger partial charge in [0.05, 0.1) is 17.1 Å². The standard InChI is InChI=1S/C14H18BrN5O/c1-4-7-20-14(17-18-19-20)16-9-11-5-6-13(12(15)8-11)21-10(2)3/h4-6,8,10H,1,7,9H2,2-3H3,(H,16,17,19). The van der Waals surface area contributed by atoms with E-state index >= 15 is 0 Å². The topological polar surface area (TPSA) is 64.9 Å². The number of nitrogens with one attached hydrogen (secondary N) is 1. The summed E-state index contributed by atoms with van der Waals surface area (Å²) in [5.74, 6) is 1.46. The molecule has 0 fully saturated rings. The van der Waals surface area contributed by atoms with Crippen LogP contribution in [0.1, 0.15) is 19.4 Å². The number of benzene rings is 1. The minimum atomic E-state index is 0.147. The van der Waals surface area contributed by atoms with E-state index in [1.807, 2.05) is 32.0 Å². The van der Waals surface area contributed by atoms with E-state index in [1.54, 1.807) is 10.8 Å². The van der Waals surface area contributed by atoms with E-state index in [9.17, 15) is 0 Å². The predicted octanol–water partition coefficient (Wildman–Crippen LogP) is 3.02. The van der Waals surface area contributed by atoms with Gasteiger partial charge in [-0.15, -0.1) is 6.58 Å². The molecule has 2 aromatic rings. The van der Waals surface area contributed by atoms with Crippen molar-refractivity contribution in [3.63, 3.8) is 0 Å². The van der Waals surface area contributed by atoms with E-state index in [0.717, 1.165) is 15.8 Å². The van der Waals surface area contributed by atoms with E-state index in [-0.39, 0.29) is 6.10 Å². The summed E-state index contributed by atoms with van der Waals surface area (Å²) in [4.78, 5) is 0. The van der Waals surface area contributed by atoms with E-state index in [4.69, 9.17) is 4.74 Å². The van der Waals surface area contributed by atoms with Crippen LogP contribution in [0.5, 0.6) is 5.75 Å². The average Bonchev–Trinajstić information content (AvgIpc) is 2.87. The molecule has 6 nitrogen and oxygen atoms in total. The molecule has 1 N–H and O–H groups in total. The highest BCUT2D eigenvalue weighted by molar-refractivity contribution is 9.10. The van der Waals surface area contributed by atoms with Gasteiger partial charge in [-0.05, 0) is 57.9 Å². The average molecular weight is 352 g/mol. The van der Waals surface area contributed by atoms with Crippen LogP contribution in [0, 0.1) is 0 Å². The lowest BCUT2D eigenvalue weighted by Crippen LogP contribution is -2.09. The third kappa shape index (κ3) is 4.29. The Morgan fingerprint density at radius 2 is 2.29 bits per heavy atom. The summed E-state index contributed by atoms with van der Waals surface area (Å²) in [6.45, 7) is 8.87. The number of hydrogen-bond donors (Lipinski definition) is 1. The molecule has 2 rings (SSSR count). The summed E-state index contributed by atoms with van der Waals surface area (Å²) in [6, 6.07) is 5.98. The van der Waals surface area contributed by atoms with Crippen LogP contribution in [0.3, 0.4) is 0 Å². The molecular formula is C14H18BrN5O. The molecule has 0 aliphatic carbocycles. The maximum absolute atomic E-state index is 5.69. The van der Waals surface area contributed by atoms with Gasteiger partial charge >= 0.3 is 0 Å². The summed E-state index contributed by atoms with van der Waals surface area (Å²) >= 11 is 3.52. The minimum Gasteiger partial charge on any atom is -0.490 e. The van der Waals surface area contributed by atoms with Crippen molar-refractivity contribution in [1.82, 2.24) is 20.2 Å². The van der Waals surface area contributed by atoms with E-state index in [2.05, 4.69) is 43.4 Å². The van der Waals surface area contributed by atoms with Gasteiger partial charge in [-0.25, -0.2) is 4.68 Å². The zero-order valence-corrected chi connectivity index (χ0v) is 13.7. The van der Waals surface area contributed by atoms with Gasteiger partial charge in [-0.2, -0.15) is 0 Å². The van der Waals surface area contributed by atoms with Crippen LogP contribution in [-0.2, 0) is 13.1 Å². The molecule has 0 spiro atoms. The second kappa shape index (κ2) is 7.21. The molecule has 21 heavy (non-hydrogen) atoms. The SMILES string of the molecule is C=CCn1nnnc1NCc1ccc(OC(C)C)c(Br)c1. The Balaban J connectivity index is 2.01. The van der Waals surface area contributed by atoms with Gasteiger partial charge < -0.3 is 10.1 Å². The van der Waals surface area contributed by atoms with E-state index < -0.39 is 0 Å². The highest BCUT2D eigenvalue weighted by atomic mass is 79.9. The molecule has 0 aliphatic rings. The zero-order valence-electron chi connectivity index (χ0n) is 12.1. The molecule has 0 unspecified atom stereocenters. The van der Waals surface area contributed by atoms with Gasteiger partial charge in [0.2, 0.25) is 5.95 Å². The molecular weight excluding hydrogens is 334 g/mol. The quantitative estimate of drug-likeness (QED) is 0.776. The highest BCUT2D eigenvalue weighted by Gasteiger charge is 2.07. The number of aromatic nitrogens is 4. The fourth-order valence-electron chi connectivity index (χ4n) is 1.76. The predicted molar refractivity (Wildman–Crippen MR) is 85.2 cm³/mol. The fourth-order valence-corrected chi connectivity index (χ4v) is 2.28. The highest BCUT2D eigenvalue weighted by Crippen LogP contribution is 2.27. The van der Waals surface area contributed by atoms with Crippen LogP contribution in [-0.4, -0.2) is 26.3 Å². The minimum absolute atomic E-state index is 0.147. The van der Waals surface area contributed by atoms with Gasteiger partial charge in [0, 0.05) is 6.54 Å². The van der Waals surface area contributed by atoms with E-state index in [1.165, 1.54) is 0 Å². The number of hydrogen-bond acceptors (Lipinski definition) is 5. The Labute approximate surface area is 132 Å². The van der Waals surface area contributed by atoms with Crippen molar-refractivity contribution in [2.45, 2.75) is 33.0 Å². The van der Waals surface area contributed by atoms with Crippen molar-refractivity contribution in [2.75, 3.05) is 5.32 Å². The molecule has 1 aromatic carbocycles. The third-order valence-corrected chi connectivity index (χ3v) is 3.26. The van der Waals surface area contributed by atoms with Crippen molar-refractivity contribution < 1.29 is 4.74 Å². The monoisotopic (exact) mass is 351 g/mol. The number of tetrazole rings is 1. The first kappa shape index (κ1) is 15.5. The number of ether oxygens (including phenoxy) is 1. The van der Waals surface area contributed by atoms with Gasteiger partial charge in [0.1, 0.15) is 5.75 Å². The molecule has 0 amide bonds. The number of anilines is 1. The van der Waals surface area contributed by atoms with Crippen molar-refractivity contribution in [2.24, 2.45) is 0 Å².